The zero-order valence-corrected chi connectivity index (χ0v) is 45.6. The number of halogens is 4. The van der Waals surface area contributed by atoms with E-state index >= 15 is 4.39 Å². The van der Waals surface area contributed by atoms with Crippen LogP contribution in [0.1, 0.15) is 131 Å². The first-order valence-electron chi connectivity index (χ1n) is 29.0. The van der Waals surface area contributed by atoms with Gasteiger partial charge in [0.2, 0.25) is 11.8 Å². The first-order chi connectivity index (χ1) is 38.6. The third kappa shape index (κ3) is 11.0. The molecule has 1 unspecified atom stereocenters. The van der Waals surface area contributed by atoms with Crippen molar-refractivity contribution >= 4 is 35.0 Å². The Balaban J connectivity index is 0.584. The van der Waals surface area contributed by atoms with Gasteiger partial charge in [-0.25, -0.2) is 4.39 Å². The van der Waals surface area contributed by atoms with Crippen molar-refractivity contribution in [1.29, 1.82) is 5.26 Å². The molecule has 1 N–H and O–H groups in total. The Morgan fingerprint density at radius 2 is 1.52 bits per heavy atom. The lowest BCUT2D eigenvalue weighted by Crippen LogP contribution is -2.52. The number of rotatable bonds is 14. The van der Waals surface area contributed by atoms with Crippen LogP contribution in [-0.4, -0.2) is 142 Å². The number of anilines is 2. The van der Waals surface area contributed by atoms with Gasteiger partial charge >= 0.3 is 6.18 Å². The molecular weight excluding hydrogens is 1030 g/mol. The number of nitrogens with one attached hydrogen (secondary N) is 1. The van der Waals surface area contributed by atoms with Gasteiger partial charge in [0.25, 0.3) is 11.8 Å². The van der Waals surface area contributed by atoms with E-state index in [0.29, 0.717) is 73.2 Å². The van der Waals surface area contributed by atoms with Gasteiger partial charge in [0, 0.05) is 119 Å². The van der Waals surface area contributed by atoms with Crippen LogP contribution in [0.15, 0.2) is 54.9 Å². The third-order valence-corrected chi connectivity index (χ3v) is 19.0. The maximum Gasteiger partial charge on any atom is 0.416 e. The molecule has 424 valence electrons. The van der Waals surface area contributed by atoms with Gasteiger partial charge in [-0.1, -0.05) is 12.1 Å². The third-order valence-electron chi connectivity index (χ3n) is 19.0. The molecule has 2 saturated carbocycles. The number of fused-ring (bicyclic) bond motifs is 2. The molecule has 4 aromatic rings. The van der Waals surface area contributed by atoms with Gasteiger partial charge in [0.05, 0.1) is 42.6 Å². The van der Waals surface area contributed by atoms with Gasteiger partial charge in [-0.05, 0) is 142 Å². The molecule has 1 aromatic heterocycles. The van der Waals surface area contributed by atoms with E-state index < -0.39 is 40.8 Å². The number of nitrogens with zero attached hydrogens (tertiary/aromatic N) is 10. The Hall–Kier alpha value is -6.27. The van der Waals surface area contributed by atoms with E-state index in [-0.39, 0.29) is 72.6 Å². The number of benzene rings is 3. The number of ether oxygens (including phenoxy) is 1. The summed E-state index contributed by atoms with van der Waals surface area (Å²) in [6.07, 6.45) is 7.46. The van der Waals surface area contributed by atoms with E-state index in [1.165, 1.54) is 15.9 Å². The number of aromatic nitrogens is 3. The predicted octanol–water partition coefficient (Wildman–Crippen LogP) is 7.38. The number of carbonyl (C=O) groups excluding carboxylic acids is 4. The summed E-state index contributed by atoms with van der Waals surface area (Å²) in [6, 6.07) is 15.4. The summed E-state index contributed by atoms with van der Waals surface area (Å²) in [5.41, 5.74) is 2.01. The van der Waals surface area contributed by atoms with Crippen molar-refractivity contribution in [3.63, 3.8) is 0 Å². The largest absolute Gasteiger partial charge is 0.416 e. The van der Waals surface area contributed by atoms with Crippen molar-refractivity contribution in [1.82, 2.24) is 39.7 Å². The van der Waals surface area contributed by atoms with Crippen LogP contribution in [0.2, 0.25) is 0 Å². The molecule has 4 saturated heterocycles. The van der Waals surface area contributed by atoms with Crippen LogP contribution in [0.5, 0.6) is 0 Å². The monoisotopic (exact) mass is 1100 g/mol. The Labute approximate surface area is 464 Å². The summed E-state index contributed by atoms with van der Waals surface area (Å²) in [6.45, 7) is 9.13. The standard InChI is InChI=1S/C60H71F4N11O5/c1-69-37-66-68-53(69)29-59(27-41(28-59)30-65)42-5-2-6-43(26-42)74-35-48-47(58(74)79)24-40(25-50(48)60(62,63)64)34-72-17-3-4-39(33-72)32-71-22-20-70(21-23-71)31-38-7-9-44(10-8-38)80-45-15-18-73(19-16-45)51-12-11-46-49(55(51)61)36-75(57(46)78)52-13-14-54(76)67-56(52)77/h2,5-6,11-12,24-26,37-39,41,44-45,52H,3-4,7-10,13-23,27-29,31-36H2,1H3,(H,67,76,77)/t38?,39-,41?,44?,52?,59?/m1/s1. The van der Waals surface area contributed by atoms with Crippen molar-refractivity contribution in [3.05, 3.63) is 105 Å². The Morgan fingerprint density at radius 3 is 2.23 bits per heavy atom. The quantitative estimate of drug-likeness (QED) is 0.0987. The summed E-state index contributed by atoms with van der Waals surface area (Å²) in [7, 11) is 1.88. The van der Waals surface area contributed by atoms with Crippen LogP contribution in [0.3, 0.4) is 0 Å². The molecule has 80 heavy (non-hydrogen) atoms. The zero-order valence-electron chi connectivity index (χ0n) is 45.6. The van der Waals surface area contributed by atoms with E-state index in [4.69, 9.17) is 4.74 Å². The van der Waals surface area contributed by atoms with Crippen LogP contribution in [0.4, 0.5) is 28.9 Å². The smallest absolute Gasteiger partial charge is 0.375 e. The average Bonchev–Trinajstić information content (AvgIpc) is 4.15. The highest BCUT2D eigenvalue weighted by atomic mass is 19.4. The van der Waals surface area contributed by atoms with Crippen molar-refractivity contribution in [2.75, 3.05) is 75.2 Å². The number of nitriles is 1. The van der Waals surface area contributed by atoms with E-state index in [9.17, 15) is 37.6 Å². The minimum Gasteiger partial charge on any atom is -0.375 e. The van der Waals surface area contributed by atoms with E-state index in [2.05, 4.69) is 36.3 Å². The fraction of sp³-hybridized carbons (Fsp3) is 0.583. The number of likely N-dealkylation sites (tertiary alicyclic amines) is 1. The fourth-order valence-corrected chi connectivity index (χ4v) is 14.6. The molecular formula is C60H71F4N11O5. The summed E-state index contributed by atoms with van der Waals surface area (Å²) < 4.78 is 69.3. The van der Waals surface area contributed by atoms with Crippen LogP contribution >= 0.6 is 0 Å². The Kier molecular flexibility index (Phi) is 15.1. The van der Waals surface area contributed by atoms with Crippen molar-refractivity contribution in [2.24, 2.45) is 24.8 Å². The van der Waals surface area contributed by atoms with Gasteiger partial charge in [-0.2, -0.15) is 18.4 Å². The number of imide groups is 1. The maximum atomic E-state index is 16.0. The molecule has 12 rings (SSSR count). The lowest BCUT2D eigenvalue weighted by Gasteiger charge is -2.45. The van der Waals surface area contributed by atoms with Gasteiger partial charge in [0.1, 0.15) is 18.2 Å². The number of amides is 4. The van der Waals surface area contributed by atoms with Crippen LogP contribution in [0.25, 0.3) is 0 Å². The SMILES string of the molecule is Cn1cnnc1CC1(c2cccc(N3Cc4c(cc(CN5CCC[C@H](CN6CCN(CC7CCC(OC8CCN(c9ccc%10c(c9F)CN(C9CCC(=O)NC9=O)C%10=O)CC8)CC7)CC6)C5)cc4C(F)(F)F)C3=O)c2)CC(C#N)C1. The summed E-state index contributed by atoms with van der Waals surface area (Å²) in [5, 5.41) is 20.3. The Morgan fingerprint density at radius 1 is 0.787 bits per heavy atom. The molecule has 6 aliphatic heterocycles. The molecule has 4 amide bonds. The molecule has 8 aliphatic rings. The highest BCUT2D eigenvalue weighted by molar-refractivity contribution is 6.10. The second kappa shape index (κ2) is 22.2. The predicted molar refractivity (Wildman–Crippen MR) is 289 cm³/mol. The van der Waals surface area contributed by atoms with E-state index in [1.807, 2.05) is 34.7 Å². The molecule has 0 radical (unpaired) electrons. The minimum atomic E-state index is -4.63. The van der Waals surface area contributed by atoms with Gasteiger partial charge in [-0.3, -0.25) is 29.4 Å². The zero-order chi connectivity index (χ0) is 55.5. The van der Waals surface area contributed by atoms with Gasteiger partial charge in [0.15, 0.2) is 5.82 Å². The molecule has 16 nitrogen and oxygen atoms in total. The topological polar surface area (TPSA) is 163 Å². The van der Waals surface area contributed by atoms with E-state index in [1.54, 1.807) is 30.6 Å². The normalized spacial score (nSPS) is 27.3. The second-order valence-electron chi connectivity index (χ2n) is 24.3. The molecule has 6 fully saturated rings. The first-order valence-corrected chi connectivity index (χ1v) is 29.0. The van der Waals surface area contributed by atoms with Crippen molar-refractivity contribution in [2.45, 2.75) is 133 Å². The van der Waals surface area contributed by atoms with Crippen molar-refractivity contribution in [3.8, 4) is 6.07 Å². The van der Waals surface area contributed by atoms with Gasteiger partial charge in [-0.15, -0.1) is 10.2 Å². The number of hydrogen-bond donors (Lipinski definition) is 1. The molecule has 7 heterocycles. The second-order valence-corrected chi connectivity index (χ2v) is 24.3. The Bertz CT molecular complexity index is 3060. The van der Waals surface area contributed by atoms with Crippen LogP contribution < -0.4 is 15.1 Å². The number of piperazine rings is 1. The maximum absolute atomic E-state index is 16.0. The first kappa shape index (κ1) is 54.3. The number of alkyl halides is 3. The summed E-state index contributed by atoms with van der Waals surface area (Å²) in [4.78, 5) is 63.9. The van der Waals surface area contributed by atoms with E-state index in [0.717, 1.165) is 115 Å². The van der Waals surface area contributed by atoms with Crippen molar-refractivity contribution < 1.29 is 41.5 Å². The highest BCUT2D eigenvalue weighted by Crippen LogP contribution is 2.51. The lowest BCUT2D eigenvalue weighted by atomic mass is 9.57. The number of hydrogen-bond acceptors (Lipinski definition) is 12. The molecule has 0 spiro atoms. The summed E-state index contributed by atoms with van der Waals surface area (Å²) >= 11 is 0. The number of piperidine rings is 3. The molecule has 20 heteroatoms. The summed E-state index contributed by atoms with van der Waals surface area (Å²) in [5.74, 6) is -0.409. The molecule has 2 aliphatic carbocycles. The van der Waals surface area contributed by atoms with Gasteiger partial charge < -0.3 is 33.8 Å². The van der Waals surface area contributed by atoms with Crippen LogP contribution in [-0.2, 0) is 59.0 Å². The average molecular weight is 1100 g/mol. The van der Waals surface area contributed by atoms with Crippen LogP contribution in [0, 0.1) is 34.9 Å². The minimum absolute atomic E-state index is 0.00840. The molecule has 3 aromatic carbocycles. The lowest BCUT2D eigenvalue weighted by molar-refractivity contribution is -0.138. The number of aryl methyl sites for hydroxylation is 1. The molecule has 0 bridgehead atoms. The fourth-order valence-electron chi connectivity index (χ4n) is 14.6. The molecule has 2 atom stereocenters. The highest BCUT2D eigenvalue weighted by Gasteiger charge is 2.48. The number of carbonyl (C=O) groups is 4.